The number of likely N-dealkylation sites (tertiary alicyclic amines) is 1. The molecule has 2 heterocycles. The van der Waals surface area contributed by atoms with Gasteiger partial charge in [0.1, 0.15) is 5.76 Å². The zero-order valence-corrected chi connectivity index (χ0v) is 18.9. The fraction of sp³-hybridized carbons (Fsp3) is 0.391. The second kappa shape index (κ2) is 8.96. The van der Waals surface area contributed by atoms with Gasteiger partial charge in [-0.1, -0.05) is 12.1 Å². The lowest BCUT2D eigenvalue weighted by Crippen LogP contribution is -2.32. The fourth-order valence-electron chi connectivity index (χ4n) is 4.22. The van der Waals surface area contributed by atoms with E-state index in [9.17, 15) is 24.8 Å². The molecule has 1 aromatic heterocycles. The first-order chi connectivity index (χ1) is 15.0. The van der Waals surface area contributed by atoms with E-state index in [1.807, 2.05) is 32.8 Å². The van der Waals surface area contributed by atoms with E-state index in [2.05, 4.69) is 4.98 Å². The minimum Gasteiger partial charge on any atom is -0.507 e. The summed E-state index contributed by atoms with van der Waals surface area (Å²) in [5, 5.41) is 22.6. The predicted octanol–water partition coefficient (Wildman–Crippen LogP) is 3.22. The molecule has 9 heteroatoms. The number of Topliss-reactive ketones (excluding diaryl/α,β-unsaturated/α-hetero) is 1. The van der Waals surface area contributed by atoms with E-state index >= 15 is 0 Å². The summed E-state index contributed by atoms with van der Waals surface area (Å²) in [5.41, 5.74) is 2.98. The summed E-state index contributed by atoms with van der Waals surface area (Å²) < 4.78 is 0. The number of non-ortho nitro benzene ring substituents is 1. The summed E-state index contributed by atoms with van der Waals surface area (Å²) in [6.07, 6.45) is 0.604. The third kappa shape index (κ3) is 4.16. The van der Waals surface area contributed by atoms with Gasteiger partial charge in [0.2, 0.25) is 0 Å². The number of nitrogens with one attached hydrogen (secondary N) is 1. The summed E-state index contributed by atoms with van der Waals surface area (Å²) in [5.74, 6) is -1.78. The van der Waals surface area contributed by atoms with Gasteiger partial charge in [0.25, 0.3) is 17.4 Å². The summed E-state index contributed by atoms with van der Waals surface area (Å²) in [7, 11) is 3.82. The molecule has 1 saturated heterocycles. The van der Waals surface area contributed by atoms with Crippen LogP contribution >= 0.6 is 0 Å². The number of aliphatic hydroxyl groups is 1. The molecule has 1 atom stereocenters. The number of benzene rings is 1. The van der Waals surface area contributed by atoms with Gasteiger partial charge in [0, 0.05) is 35.6 Å². The predicted molar refractivity (Wildman–Crippen MR) is 120 cm³/mol. The van der Waals surface area contributed by atoms with Gasteiger partial charge in [-0.25, -0.2) is 0 Å². The molecule has 1 aliphatic heterocycles. The minimum atomic E-state index is -0.911. The Bertz CT molecular complexity index is 1120. The van der Waals surface area contributed by atoms with Crippen molar-refractivity contribution < 1.29 is 19.6 Å². The van der Waals surface area contributed by atoms with Crippen molar-refractivity contribution >= 4 is 23.1 Å². The Labute approximate surface area is 186 Å². The van der Waals surface area contributed by atoms with E-state index in [0.717, 1.165) is 11.3 Å². The summed E-state index contributed by atoms with van der Waals surface area (Å²) >= 11 is 0. The van der Waals surface area contributed by atoms with Gasteiger partial charge in [-0.05, 0) is 59.0 Å². The first kappa shape index (κ1) is 23.2. The van der Waals surface area contributed by atoms with Crippen molar-refractivity contribution in [1.82, 2.24) is 14.8 Å². The van der Waals surface area contributed by atoms with Crippen LogP contribution in [0.4, 0.5) is 5.69 Å². The highest BCUT2D eigenvalue weighted by Gasteiger charge is 2.46. The number of nitrogens with zero attached hydrogens (tertiary/aromatic N) is 3. The Morgan fingerprint density at radius 1 is 1.22 bits per heavy atom. The van der Waals surface area contributed by atoms with Crippen LogP contribution in [0.25, 0.3) is 5.76 Å². The van der Waals surface area contributed by atoms with Crippen LogP contribution in [0, 0.1) is 30.9 Å². The number of carbonyl (C=O) groups is 2. The van der Waals surface area contributed by atoms with Crippen molar-refractivity contribution in [2.75, 3.05) is 27.2 Å². The topological polar surface area (TPSA) is 120 Å². The third-order valence-electron chi connectivity index (χ3n) is 5.87. The van der Waals surface area contributed by atoms with Crippen LogP contribution in [-0.4, -0.2) is 63.7 Å². The molecule has 170 valence electrons. The normalized spacial score (nSPS) is 18.1. The molecule has 0 radical (unpaired) electrons. The number of nitro groups is 1. The Morgan fingerprint density at radius 2 is 1.91 bits per heavy atom. The Balaban J connectivity index is 2.19. The average molecular weight is 441 g/mol. The van der Waals surface area contributed by atoms with Crippen LogP contribution in [0.5, 0.6) is 0 Å². The molecule has 32 heavy (non-hydrogen) atoms. The van der Waals surface area contributed by atoms with Crippen molar-refractivity contribution in [3.63, 3.8) is 0 Å². The standard InChI is InChI=1S/C23H28N4O5/c1-13-14(2)24-15(3)18(13)21(28)19-20(16-8-6-9-17(12-16)27(31)32)26(23(30)22(19)29)11-7-10-25(4)5/h6,8-9,12,20,24,28H,7,10-11H2,1-5H3/b21-19+. The Kier molecular flexibility index (Phi) is 6.50. The Morgan fingerprint density at radius 3 is 2.47 bits per heavy atom. The largest absolute Gasteiger partial charge is 0.507 e. The van der Waals surface area contributed by atoms with Gasteiger partial charge < -0.3 is 19.9 Å². The van der Waals surface area contributed by atoms with Crippen molar-refractivity contribution in [3.05, 3.63) is 68.0 Å². The molecule has 2 aromatic rings. The van der Waals surface area contributed by atoms with Crippen molar-refractivity contribution in [3.8, 4) is 0 Å². The molecular weight excluding hydrogens is 412 g/mol. The molecule has 1 aliphatic rings. The zero-order chi connectivity index (χ0) is 23.7. The van der Waals surface area contributed by atoms with Gasteiger partial charge in [0.05, 0.1) is 16.5 Å². The van der Waals surface area contributed by atoms with Gasteiger partial charge >= 0.3 is 0 Å². The van der Waals surface area contributed by atoms with Crippen LogP contribution in [0.2, 0.25) is 0 Å². The molecule has 3 rings (SSSR count). The number of aromatic nitrogens is 1. The van der Waals surface area contributed by atoms with E-state index < -0.39 is 22.7 Å². The number of hydrogen-bond donors (Lipinski definition) is 2. The maximum Gasteiger partial charge on any atom is 0.295 e. The summed E-state index contributed by atoms with van der Waals surface area (Å²) in [6.45, 7) is 6.43. The summed E-state index contributed by atoms with van der Waals surface area (Å²) in [6, 6.07) is 4.95. The van der Waals surface area contributed by atoms with Crippen LogP contribution < -0.4 is 0 Å². The molecule has 0 spiro atoms. The average Bonchev–Trinajstić information content (AvgIpc) is 3.13. The zero-order valence-electron chi connectivity index (χ0n) is 18.9. The van der Waals surface area contributed by atoms with Crippen molar-refractivity contribution in [2.24, 2.45) is 0 Å². The van der Waals surface area contributed by atoms with Crippen LogP contribution in [0.1, 0.15) is 40.5 Å². The molecule has 2 N–H and O–H groups in total. The highest BCUT2D eigenvalue weighted by Crippen LogP contribution is 2.41. The van der Waals surface area contributed by atoms with Crippen LogP contribution in [0.3, 0.4) is 0 Å². The second-order valence-electron chi connectivity index (χ2n) is 8.38. The molecule has 9 nitrogen and oxygen atoms in total. The smallest absolute Gasteiger partial charge is 0.295 e. The Hall–Kier alpha value is -3.46. The number of aromatic amines is 1. The number of nitro benzene ring substituents is 1. The number of aliphatic hydroxyl groups excluding tert-OH is 1. The van der Waals surface area contributed by atoms with Gasteiger partial charge in [-0.15, -0.1) is 0 Å². The fourth-order valence-corrected chi connectivity index (χ4v) is 4.22. The molecule has 1 fully saturated rings. The van der Waals surface area contributed by atoms with E-state index in [-0.39, 0.29) is 23.6 Å². The monoisotopic (exact) mass is 440 g/mol. The first-order valence-electron chi connectivity index (χ1n) is 10.4. The number of rotatable bonds is 7. The lowest BCUT2D eigenvalue weighted by atomic mass is 9.94. The third-order valence-corrected chi connectivity index (χ3v) is 5.87. The van der Waals surface area contributed by atoms with Gasteiger partial charge in [-0.3, -0.25) is 19.7 Å². The van der Waals surface area contributed by atoms with Crippen LogP contribution in [-0.2, 0) is 9.59 Å². The van der Waals surface area contributed by atoms with Crippen molar-refractivity contribution in [1.29, 1.82) is 0 Å². The maximum absolute atomic E-state index is 13.1. The van der Waals surface area contributed by atoms with Gasteiger partial charge in [-0.2, -0.15) is 0 Å². The molecule has 0 bridgehead atoms. The number of ketones is 1. The molecule has 1 amide bonds. The van der Waals surface area contributed by atoms with Gasteiger partial charge in [0.15, 0.2) is 0 Å². The molecule has 0 aliphatic carbocycles. The summed E-state index contributed by atoms with van der Waals surface area (Å²) in [4.78, 5) is 43.4. The van der Waals surface area contributed by atoms with E-state index in [4.69, 9.17) is 0 Å². The van der Waals surface area contributed by atoms with E-state index in [0.29, 0.717) is 29.8 Å². The molecule has 1 aromatic carbocycles. The lowest BCUT2D eigenvalue weighted by Gasteiger charge is -2.26. The highest BCUT2D eigenvalue weighted by atomic mass is 16.6. The minimum absolute atomic E-state index is 0.0504. The highest BCUT2D eigenvalue weighted by molar-refractivity contribution is 6.46. The number of hydrogen-bond acceptors (Lipinski definition) is 6. The first-order valence-corrected chi connectivity index (χ1v) is 10.4. The maximum atomic E-state index is 13.1. The number of amides is 1. The second-order valence-corrected chi connectivity index (χ2v) is 8.38. The molecule has 1 unspecified atom stereocenters. The van der Waals surface area contributed by atoms with Crippen LogP contribution in [0.15, 0.2) is 29.8 Å². The van der Waals surface area contributed by atoms with E-state index in [1.54, 1.807) is 13.0 Å². The van der Waals surface area contributed by atoms with Crippen molar-refractivity contribution in [2.45, 2.75) is 33.2 Å². The number of carbonyl (C=O) groups excluding carboxylic acids is 2. The number of aryl methyl sites for hydroxylation is 2. The SMILES string of the molecule is Cc1[nH]c(C)c(/C(O)=C2\C(=O)C(=O)N(CCCN(C)C)C2c2cccc([N+](=O)[O-])c2)c1C. The lowest BCUT2D eigenvalue weighted by molar-refractivity contribution is -0.384. The molecular formula is C23H28N4O5. The van der Waals surface area contributed by atoms with E-state index in [1.165, 1.54) is 23.1 Å². The molecule has 0 saturated carbocycles. The quantitative estimate of drug-likeness (QED) is 0.224. The number of H-pyrrole nitrogens is 1.